The Labute approximate surface area is 56.7 Å². The zero-order chi connectivity index (χ0) is 7.11. The summed E-state index contributed by atoms with van der Waals surface area (Å²) >= 11 is 0. The first-order valence-electron chi connectivity index (χ1n) is 3.18. The molecule has 52 valence electrons. The van der Waals surface area contributed by atoms with Crippen LogP contribution in [0, 0.1) is 0 Å². The van der Waals surface area contributed by atoms with Gasteiger partial charge in [0.05, 0.1) is 6.61 Å². The second kappa shape index (κ2) is 5.57. The Bertz CT molecular complexity index is 103. The maximum absolute atomic E-state index is 8.54. The number of rotatable bonds is 4. The zero-order valence-electron chi connectivity index (χ0n) is 5.93. The lowest BCUT2D eigenvalue weighted by molar-refractivity contribution is 0.331. The van der Waals surface area contributed by atoms with Crippen molar-refractivity contribution in [3.05, 3.63) is 24.3 Å². The predicted molar refractivity (Wildman–Crippen MR) is 40.3 cm³/mol. The largest absolute Gasteiger partial charge is 0.392 e. The van der Waals surface area contributed by atoms with Crippen molar-refractivity contribution >= 4 is 0 Å². The van der Waals surface area contributed by atoms with Crippen LogP contribution >= 0.6 is 0 Å². The molecule has 0 aromatic rings. The van der Waals surface area contributed by atoms with Crippen molar-refractivity contribution in [2.24, 2.45) is 0 Å². The Hall–Kier alpha value is -0.560. The van der Waals surface area contributed by atoms with Gasteiger partial charge in [0.15, 0.2) is 0 Å². The average Bonchev–Trinajstić information content (AvgIpc) is 1.89. The molecule has 0 aliphatic heterocycles. The minimum atomic E-state index is 0.178. The predicted octanol–water partition coefficient (Wildman–Crippen LogP) is 1.89. The topological polar surface area (TPSA) is 20.2 Å². The van der Waals surface area contributed by atoms with Crippen molar-refractivity contribution in [2.45, 2.75) is 19.8 Å². The van der Waals surface area contributed by atoms with E-state index in [9.17, 15) is 0 Å². The molecule has 0 heterocycles. The van der Waals surface area contributed by atoms with Crippen molar-refractivity contribution in [3.8, 4) is 0 Å². The highest BCUT2D eigenvalue weighted by atomic mass is 16.3. The van der Waals surface area contributed by atoms with Crippen LogP contribution in [0.15, 0.2) is 24.3 Å². The summed E-state index contributed by atoms with van der Waals surface area (Å²) in [5, 5.41) is 8.54. The second-order valence-corrected chi connectivity index (χ2v) is 2.07. The van der Waals surface area contributed by atoms with Gasteiger partial charge in [-0.15, -0.1) is 6.58 Å². The Morgan fingerprint density at radius 2 is 2.22 bits per heavy atom. The van der Waals surface area contributed by atoms with Crippen molar-refractivity contribution in [2.75, 3.05) is 6.61 Å². The molecule has 1 nitrogen and oxygen atoms in total. The normalized spacial score (nSPS) is 11.6. The molecule has 9 heavy (non-hydrogen) atoms. The number of unbranched alkanes of at least 4 members (excludes halogenated alkanes) is 1. The monoisotopic (exact) mass is 126 g/mol. The van der Waals surface area contributed by atoms with Gasteiger partial charge in [0.25, 0.3) is 0 Å². The Kier molecular flexibility index (Phi) is 5.23. The summed E-state index contributed by atoms with van der Waals surface area (Å²) in [5.41, 5.74) is 1.04. The molecule has 0 bridgehead atoms. The number of aliphatic hydroxyl groups is 1. The number of hydrogen-bond donors (Lipinski definition) is 1. The fourth-order valence-corrected chi connectivity index (χ4v) is 0.512. The van der Waals surface area contributed by atoms with Gasteiger partial charge in [0.2, 0.25) is 0 Å². The SMILES string of the molecule is C=CCC/C=C(\C)CO. The van der Waals surface area contributed by atoms with Crippen molar-refractivity contribution in [1.82, 2.24) is 0 Å². The van der Waals surface area contributed by atoms with E-state index in [1.54, 1.807) is 0 Å². The molecular weight excluding hydrogens is 112 g/mol. The third-order valence-electron chi connectivity index (χ3n) is 1.11. The van der Waals surface area contributed by atoms with E-state index in [0.717, 1.165) is 18.4 Å². The van der Waals surface area contributed by atoms with Gasteiger partial charge < -0.3 is 5.11 Å². The number of allylic oxidation sites excluding steroid dienone is 2. The maximum Gasteiger partial charge on any atom is 0.0639 e. The van der Waals surface area contributed by atoms with Crippen LogP contribution in [0.1, 0.15) is 19.8 Å². The van der Waals surface area contributed by atoms with Crippen LogP contribution in [-0.4, -0.2) is 11.7 Å². The van der Waals surface area contributed by atoms with Crippen molar-refractivity contribution in [1.29, 1.82) is 0 Å². The minimum Gasteiger partial charge on any atom is -0.392 e. The van der Waals surface area contributed by atoms with Gasteiger partial charge >= 0.3 is 0 Å². The molecule has 0 aromatic heterocycles. The van der Waals surface area contributed by atoms with Crippen molar-refractivity contribution in [3.63, 3.8) is 0 Å². The molecule has 0 aliphatic carbocycles. The highest BCUT2D eigenvalue weighted by Crippen LogP contribution is 1.96. The standard InChI is InChI=1S/C8H14O/c1-3-4-5-6-8(2)7-9/h3,6,9H,1,4-5,7H2,2H3/b8-6+. The van der Waals surface area contributed by atoms with Gasteiger partial charge in [-0.3, -0.25) is 0 Å². The molecule has 0 saturated carbocycles. The quantitative estimate of drug-likeness (QED) is 0.450. The molecule has 0 aliphatic rings. The summed E-state index contributed by atoms with van der Waals surface area (Å²) < 4.78 is 0. The smallest absolute Gasteiger partial charge is 0.0639 e. The lowest BCUT2D eigenvalue weighted by Gasteiger charge is -1.91. The van der Waals surface area contributed by atoms with E-state index >= 15 is 0 Å². The lowest BCUT2D eigenvalue weighted by Crippen LogP contribution is -1.82. The third-order valence-corrected chi connectivity index (χ3v) is 1.11. The molecule has 0 atom stereocenters. The number of hydrogen-bond acceptors (Lipinski definition) is 1. The molecule has 0 aromatic carbocycles. The van der Waals surface area contributed by atoms with Crippen LogP contribution in [0.3, 0.4) is 0 Å². The first kappa shape index (κ1) is 8.44. The molecule has 0 rings (SSSR count). The third kappa shape index (κ3) is 5.31. The maximum atomic E-state index is 8.54. The summed E-state index contributed by atoms with van der Waals surface area (Å²) in [6.45, 7) is 5.69. The molecule has 0 spiro atoms. The zero-order valence-corrected chi connectivity index (χ0v) is 5.93. The summed E-state index contributed by atoms with van der Waals surface area (Å²) in [5.74, 6) is 0. The van der Waals surface area contributed by atoms with Crippen molar-refractivity contribution < 1.29 is 5.11 Å². The van der Waals surface area contributed by atoms with E-state index in [-0.39, 0.29) is 6.61 Å². The van der Waals surface area contributed by atoms with Gasteiger partial charge in [-0.25, -0.2) is 0 Å². The van der Waals surface area contributed by atoms with Crippen LogP contribution < -0.4 is 0 Å². The first-order valence-corrected chi connectivity index (χ1v) is 3.18. The Morgan fingerprint density at radius 3 is 2.67 bits per heavy atom. The van der Waals surface area contributed by atoms with Gasteiger partial charge in [0, 0.05) is 0 Å². The van der Waals surface area contributed by atoms with Crippen LogP contribution in [0.5, 0.6) is 0 Å². The molecule has 0 amide bonds. The van der Waals surface area contributed by atoms with Crippen LogP contribution in [0.25, 0.3) is 0 Å². The molecule has 1 heteroatoms. The van der Waals surface area contributed by atoms with Gasteiger partial charge in [-0.1, -0.05) is 17.7 Å². The summed E-state index contributed by atoms with van der Waals surface area (Å²) in [4.78, 5) is 0. The molecule has 0 saturated heterocycles. The highest BCUT2D eigenvalue weighted by Gasteiger charge is 1.81. The van der Waals surface area contributed by atoms with E-state index in [1.165, 1.54) is 0 Å². The van der Waals surface area contributed by atoms with E-state index in [0.29, 0.717) is 0 Å². The van der Waals surface area contributed by atoms with Crippen LogP contribution in [0.2, 0.25) is 0 Å². The molecule has 0 unspecified atom stereocenters. The minimum absolute atomic E-state index is 0.178. The summed E-state index contributed by atoms with van der Waals surface area (Å²) in [6.07, 6.45) is 5.90. The molecule has 1 N–H and O–H groups in total. The Morgan fingerprint density at radius 1 is 1.56 bits per heavy atom. The van der Waals surface area contributed by atoms with Gasteiger partial charge in [0.1, 0.15) is 0 Å². The Balaban J connectivity index is 3.31. The molecular formula is C8H14O. The van der Waals surface area contributed by atoms with E-state index in [1.807, 2.05) is 19.1 Å². The van der Waals surface area contributed by atoms with E-state index < -0.39 is 0 Å². The fourth-order valence-electron chi connectivity index (χ4n) is 0.512. The van der Waals surface area contributed by atoms with Gasteiger partial charge in [-0.05, 0) is 19.8 Å². The van der Waals surface area contributed by atoms with E-state index in [2.05, 4.69) is 6.58 Å². The summed E-state index contributed by atoms with van der Waals surface area (Å²) in [6, 6.07) is 0. The van der Waals surface area contributed by atoms with Crippen LogP contribution in [0.4, 0.5) is 0 Å². The number of aliphatic hydroxyl groups excluding tert-OH is 1. The summed E-state index contributed by atoms with van der Waals surface area (Å²) in [7, 11) is 0. The van der Waals surface area contributed by atoms with Crippen LogP contribution in [-0.2, 0) is 0 Å². The lowest BCUT2D eigenvalue weighted by atomic mass is 10.2. The fraction of sp³-hybridized carbons (Fsp3) is 0.500. The average molecular weight is 126 g/mol. The first-order chi connectivity index (χ1) is 4.31. The van der Waals surface area contributed by atoms with Gasteiger partial charge in [-0.2, -0.15) is 0 Å². The molecule has 0 fully saturated rings. The molecule has 0 radical (unpaired) electrons. The van der Waals surface area contributed by atoms with E-state index in [4.69, 9.17) is 5.11 Å². The highest BCUT2D eigenvalue weighted by molar-refractivity contribution is 4.97. The second-order valence-electron chi connectivity index (χ2n) is 2.07.